The summed E-state index contributed by atoms with van der Waals surface area (Å²) in [6.45, 7) is 6.20. The molecule has 0 saturated heterocycles. The van der Waals surface area contributed by atoms with Gasteiger partial charge in [0.1, 0.15) is 5.75 Å². The Morgan fingerprint density at radius 2 is 1.67 bits per heavy atom. The number of benzene rings is 2. The van der Waals surface area contributed by atoms with Crippen LogP contribution in [0.15, 0.2) is 53.0 Å². The largest absolute Gasteiger partial charge is 0.483 e. The van der Waals surface area contributed by atoms with Crippen molar-refractivity contribution in [2.75, 3.05) is 6.61 Å². The van der Waals surface area contributed by atoms with Crippen LogP contribution in [0.4, 0.5) is 0 Å². The Bertz CT molecular complexity index is 786. The number of carbonyl (C=O) groups excluding carboxylic acids is 2. The minimum Gasteiger partial charge on any atom is -0.483 e. The molecule has 0 heterocycles. The van der Waals surface area contributed by atoms with Gasteiger partial charge in [-0.3, -0.25) is 20.4 Å². The summed E-state index contributed by atoms with van der Waals surface area (Å²) in [6.07, 6.45) is 0.914. The summed E-state index contributed by atoms with van der Waals surface area (Å²) >= 11 is 3.47. The van der Waals surface area contributed by atoms with Gasteiger partial charge in [0.15, 0.2) is 6.61 Å². The molecule has 2 amide bonds. The lowest BCUT2D eigenvalue weighted by molar-refractivity contribution is -0.130. The first-order chi connectivity index (χ1) is 12.8. The van der Waals surface area contributed by atoms with E-state index < -0.39 is 5.91 Å². The molecule has 2 aromatic carbocycles. The molecule has 0 aliphatic carbocycles. The van der Waals surface area contributed by atoms with Crippen LogP contribution in [0.1, 0.15) is 38.3 Å². The first-order valence-corrected chi connectivity index (χ1v) is 9.59. The van der Waals surface area contributed by atoms with Crippen LogP contribution in [0.3, 0.4) is 0 Å². The molecule has 0 unspecified atom stereocenters. The van der Waals surface area contributed by atoms with E-state index in [1.807, 2.05) is 48.5 Å². The maximum absolute atomic E-state index is 11.9. The molecule has 0 radical (unpaired) electrons. The predicted octanol–water partition coefficient (Wildman–Crippen LogP) is 3.91. The van der Waals surface area contributed by atoms with E-state index in [-0.39, 0.29) is 17.9 Å². The zero-order valence-electron chi connectivity index (χ0n) is 15.8. The average Bonchev–Trinajstić information content (AvgIpc) is 2.63. The number of aryl methyl sites for hydroxylation is 1. The Hall–Kier alpha value is -2.34. The third kappa shape index (κ3) is 7.06. The van der Waals surface area contributed by atoms with Gasteiger partial charge in [-0.05, 0) is 51.0 Å². The van der Waals surface area contributed by atoms with Gasteiger partial charge in [0, 0.05) is 6.42 Å². The fraction of sp³-hybridized carbons (Fsp3) is 0.333. The summed E-state index contributed by atoms with van der Waals surface area (Å²) in [7, 11) is 0. The zero-order chi connectivity index (χ0) is 19.9. The topological polar surface area (TPSA) is 67.4 Å². The van der Waals surface area contributed by atoms with Crippen LogP contribution >= 0.6 is 15.9 Å². The molecule has 0 atom stereocenters. The van der Waals surface area contributed by atoms with E-state index in [1.54, 1.807) is 0 Å². The highest BCUT2D eigenvalue weighted by Crippen LogP contribution is 2.31. The van der Waals surface area contributed by atoms with Crippen molar-refractivity contribution in [1.29, 1.82) is 0 Å². The van der Waals surface area contributed by atoms with Gasteiger partial charge in [-0.2, -0.15) is 0 Å². The lowest BCUT2D eigenvalue weighted by atomic mass is 9.87. The number of hydrazine groups is 1. The molecule has 0 fully saturated rings. The van der Waals surface area contributed by atoms with Crippen molar-refractivity contribution in [1.82, 2.24) is 10.9 Å². The maximum Gasteiger partial charge on any atom is 0.276 e. The first-order valence-electron chi connectivity index (χ1n) is 8.80. The second-order valence-corrected chi connectivity index (χ2v) is 8.12. The Morgan fingerprint density at radius 1 is 1.00 bits per heavy atom. The Balaban J connectivity index is 1.74. The molecule has 0 aliphatic rings. The van der Waals surface area contributed by atoms with Crippen LogP contribution in [0.25, 0.3) is 0 Å². The van der Waals surface area contributed by atoms with Crippen LogP contribution in [-0.2, 0) is 21.4 Å². The van der Waals surface area contributed by atoms with Crippen molar-refractivity contribution < 1.29 is 14.3 Å². The van der Waals surface area contributed by atoms with E-state index in [0.29, 0.717) is 18.6 Å². The molecular formula is C21H25BrN2O3. The normalized spacial score (nSPS) is 11.0. The summed E-state index contributed by atoms with van der Waals surface area (Å²) < 4.78 is 6.30. The average molecular weight is 433 g/mol. The van der Waals surface area contributed by atoms with Crippen molar-refractivity contribution in [2.45, 2.75) is 39.0 Å². The summed E-state index contributed by atoms with van der Waals surface area (Å²) in [5, 5.41) is 0. The van der Waals surface area contributed by atoms with Crippen molar-refractivity contribution in [3.63, 3.8) is 0 Å². The number of rotatable bonds is 6. The Morgan fingerprint density at radius 3 is 2.30 bits per heavy atom. The van der Waals surface area contributed by atoms with Gasteiger partial charge in [-0.1, -0.05) is 57.2 Å². The molecule has 0 aromatic heterocycles. The van der Waals surface area contributed by atoms with Crippen LogP contribution in [0.2, 0.25) is 0 Å². The number of hydrogen-bond acceptors (Lipinski definition) is 3. The van der Waals surface area contributed by atoms with Gasteiger partial charge >= 0.3 is 0 Å². The number of halogens is 1. The summed E-state index contributed by atoms with van der Waals surface area (Å²) in [5.41, 5.74) is 7.04. The monoisotopic (exact) mass is 432 g/mol. The van der Waals surface area contributed by atoms with Crippen molar-refractivity contribution in [3.05, 3.63) is 64.1 Å². The van der Waals surface area contributed by atoms with Crippen molar-refractivity contribution >= 4 is 27.7 Å². The molecule has 6 heteroatoms. The molecule has 2 N–H and O–H groups in total. The smallest absolute Gasteiger partial charge is 0.276 e. The van der Waals surface area contributed by atoms with E-state index in [2.05, 4.69) is 47.6 Å². The minimum absolute atomic E-state index is 0.0302. The van der Waals surface area contributed by atoms with Gasteiger partial charge in [-0.15, -0.1) is 0 Å². The standard InChI is InChI=1S/C21H25BrN2O3/c1-21(2,3)16-10-11-18(17(22)13-16)27-14-20(26)24-23-19(25)12-9-15-7-5-4-6-8-15/h4-8,10-11,13H,9,12,14H2,1-3H3,(H,23,25)(H,24,26). The number of carbonyl (C=O) groups is 2. The van der Waals surface area contributed by atoms with Crippen LogP contribution in [0.5, 0.6) is 5.75 Å². The maximum atomic E-state index is 11.9. The predicted molar refractivity (Wildman–Crippen MR) is 109 cm³/mol. The number of hydrogen-bond donors (Lipinski definition) is 2. The lowest BCUT2D eigenvalue weighted by Crippen LogP contribution is -2.43. The highest BCUT2D eigenvalue weighted by Gasteiger charge is 2.15. The SMILES string of the molecule is CC(C)(C)c1ccc(OCC(=O)NNC(=O)CCc2ccccc2)c(Br)c1. The molecule has 2 aromatic rings. The van der Waals surface area contributed by atoms with Crippen LogP contribution in [-0.4, -0.2) is 18.4 Å². The van der Waals surface area contributed by atoms with Crippen molar-refractivity contribution in [3.8, 4) is 5.75 Å². The molecule has 5 nitrogen and oxygen atoms in total. The fourth-order valence-electron chi connectivity index (χ4n) is 2.37. The molecule has 2 rings (SSSR count). The second-order valence-electron chi connectivity index (χ2n) is 7.27. The Kier molecular flexibility index (Phi) is 7.42. The molecule has 27 heavy (non-hydrogen) atoms. The van der Waals surface area contributed by atoms with Crippen molar-refractivity contribution in [2.24, 2.45) is 0 Å². The highest BCUT2D eigenvalue weighted by molar-refractivity contribution is 9.10. The third-order valence-electron chi connectivity index (χ3n) is 3.98. The van der Waals surface area contributed by atoms with Gasteiger partial charge in [0.05, 0.1) is 4.47 Å². The summed E-state index contributed by atoms with van der Waals surface area (Å²) in [6, 6.07) is 15.5. The molecule has 144 valence electrons. The first kappa shape index (κ1) is 21.0. The molecular weight excluding hydrogens is 408 g/mol. The van der Waals surface area contributed by atoms with E-state index in [9.17, 15) is 9.59 Å². The second kappa shape index (κ2) is 9.55. The van der Waals surface area contributed by atoms with E-state index in [4.69, 9.17) is 4.74 Å². The van der Waals surface area contributed by atoms with Gasteiger partial charge in [0.2, 0.25) is 5.91 Å². The third-order valence-corrected chi connectivity index (χ3v) is 4.60. The molecule has 0 bridgehead atoms. The van der Waals surface area contributed by atoms with Gasteiger partial charge in [-0.25, -0.2) is 0 Å². The molecule has 0 aliphatic heterocycles. The van der Waals surface area contributed by atoms with Gasteiger partial charge < -0.3 is 4.74 Å². The number of nitrogens with one attached hydrogen (secondary N) is 2. The minimum atomic E-state index is -0.421. The lowest BCUT2D eigenvalue weighted by Gasteiger charge is -2.20. The van der Waals surface area contributed by atoms with Crippen LogP contribution < -0.4 is 15.6 Å². The summed E-state index contributed by atoms with van der Waals surface area (Å²) in [4.78, 5) is 23.7. The molecule has 0 saturated carbocycles. The van der Waals surface area contributed by atoms with E-state index in [1.165, 1.54) is 0 Å². The fourth-order valence-corrected chi connectivity index (χ4v) is 2.86. The highest BCUT2D eigenvalue weighted by atomic mass is 79.9. The zero-order valence-corrected chi connectivity index (χ0v) is 17.4. The number of ether oxygens (including phenoxy) is 1. The van der Waals surface area contributed by atoms with Crippen LogP contribution in [0, 0.1) is 0 Å². The van der Waals surface area contributed by atoms with E-state index in [0.717, 1.165) is 15.6 Å². The van der Waals surface area contributed by atoms with Gasteiger partial charge in [0.25, 0.3) is 5.91 Å². The van der Waals surface area contributed by atoms with E-state index >= 15 is 0 Å². The summed E-state index contributed by atoms with van der Waals surface area (Å²) in [5.74, 6) is -0.0914. The quantitative estimate of drug-likeness (QED) is 0.679. The Labute approximate surface area is 168 Å². The molecule has 0 spiro atoms. The number of amides is 2.